The van der Waals surface area contributed by atoms with E-state index < -0.39 is 9.84 Å². The number of nitrogens with one attached hydrogen (secondary N) is 2. The van der Waals surface area contributed by atoms with Crippen LogP contribution >= 0.6 is 0 Å². The predicted octanol–water partition coefficient (Wildman–Crippen LogP) is 0.0870. The van der Waals surface area contributed by atoms with Crippen molar-refractivity contribution in [1.29, 1.82) is 0 Å². The number of unbranched alkanes of at least 4 members (excludes halogenated alkanes) is 1. The first-order chi connectivity index (χ1) is 10.9. The molecule has 0 aromatic carbocycles. The Balaban J connectivity index is 2.11. The van der Waals surface area contributed by atoms with Gasteiger partial charge in [0.1, 0.15) is 9.84 Å². The van der Waals surface area contributed by atoms with E-state index in [-0.39, 0.29) is 11.8 Å². The van der Waals surface area contributed by atoms with Gasteiger partial charge in [0.25, 0.3) is 0 Å². The van der Waals surface area contributed by atoms with E-state index in [1.165, 1.54) is 6.26 Å². The van der Waals surface area contributed by atoms with E-state index in [4.69, 9.17) is 4.74 Å². The summed E-state index contributed by atoms with van der Waals surface area (Å²) < 4.78 is 27.7. The molecule has 1 unspecified atom stereocenters. The lowest BCUT2D eigenvalue weighted by Crippen LogP contribution is -2.43. The van der Waals surface area contributed by atoms with Crippen molar-refractivity contribution in [2.45, 2.75) is 32.2 Å². The highest BCUT2D eigenvalue weighted by Crippen LogP contribution is 2.00. The maximum absolute atomic E-state index is 11.2. The summed E-state index contributed by atoms with van der Waals surface area (Å²) in [5.41, 5.74) is 0. The molecule has 8 heteroatoms. The van der Waals surface area contributed by atoms with Crippen LogP contribution in [0, 0.1) is 0 Å². The minimum atomic E-state index is -2.91. The molecule has 7 nitrogen and oxygen atoms in total. The van der Waals surface area contributed by atoms with Gasteiger partial charge in [-0.3, -0.25) is 9.89 Å². The molecule has 1 heterocycles. The Morgan fingerprint density at radius 1 is 1.30 bits per heavy atom. The highest BCUT2D eigenvalue weighted by atomic mass is 32.2. The van der Waals surface area contributed by atoms with E-state index in [2.05, 4.69) is 20.5 Å². The molecular weight excluding hydrogens is 316 g/mol. The normalized spacial score (nSPS) is 18.7. The second-order valence-electron chi connectivity index (χ2n) is 6.12. The minimum Gasteiger partial charge on any atom is -0.379 e. The van der Waals surface area contributed by atoms with Crippen LogP contribution in [0.4, 0.5) is 0 Å². The number of guanidine groups is 1. The van der Waals surface area contributed by atoms with E-state index in [0.29, 0.717) is 6.42 Å². The Labute approximate surface area is 140 Å². The minimum absolute atomic E-state index is 0.0734. The van der Waals surface area contributed by atoms with Crippen LogP contribution in [0.15, 0.2) is 4.99 Å². The molecule has 1 saturated heterocycles. The summed E-state index contributed by atoms with van der Waals surface area (Å²) in [5, 5.41) is 6.51. The highest BCUT2D eigenvalue weighted by Gasteiger charge is 2.10. The van der Waals surface area contributed by atoms with Crippen molar-refractivity contribution in [3.63, 3.8) is 0 Å². The molecule has 2 N–H and O–H groups in total. The van der Waals surface area contributed by atoms with E-state index in [9.17, 15) is 8.42 Å². The molecule has 1 aliphatic heterocycles. The Morgan fingerprint density at radius 3 is 2.61 bits per heavy atom. The van der Waals surface area contributed by atoms with Crippen LogP contribution < -0.4 is 10.6 Å². The third-order valence-electron chi connectivity index (χ3n) is 3.83. The molecule has 0 spiro atoms. The first kappa shape index (κ1) is 20.2. The van der Waals surface area contributed by atoms with Crippen LogP contribution in [0.25, 0.3) is 0 Å². The van der Waals surface area contributed by atoms with Gasteiger partial charge in [-0.1, -0.05) is 0 Å². The van der Waals surface area contributed by atoms with Crippen molar-refractivity contribution in [3.05, 3.63) is 0 Å². The Kier molecular flexibility index (Phi) is 9.50. The van der Waals surface area contributed by atoms with Crippen LogP contribution in [0.2, 0.25) is 0 Å². The fourth-order valence-electron chi connectivity index (χ4n) is 2.38. The predicted molar refractivity (Wildman–Crippen MR) is 94.8 cm³/mol. The molecule has 0 saturated carbocycles. The molecule has 0 aromatic heterocycles. The van der Waals surface area contributed by atoms with E-state index in [1.54, 1.807) is 7.05 Å². The molecule has 1 atom stereocenters. The molecule has 0 amide bonds. The number of aliphatic imine (C=N–C) groups is 1. The van der Waals surface area contributed by atoms with Gasteiger partial charge in [0.15, 0.2) is 5.96 Å². The van der Waals surface area contributed by atoms with E-state index in [0.717, 1.165) is 58.2 Å². The summed E-state index contributed by atoms with van der Waals surface area (Å²) >= 11 is 0. The highest BCUT2D eigenvalue weighted by molar-refractivity contribution is 7.90. The summed E-state index contributed by atoms with van der Waals surface area (Å²) in [6, 6.07) is 0.0734. The third kappa shape index (κ3) is 10.5. The molecule has 0 radical (unpaired) electrons. The van der Waals surface area contributed by atoms with Gasteiger partial charge in [-0.15, -0.1) is 0 Å². The van der Waals surface area contributed by atoms with Gasteiger partial charge in [-0.25, -0.2) is 8.42 Å². The summed E-state index contributed by atoms with van der Waals surface area (Å²) in [4.78, 5) is 6.61. The molecule has 136 valence electrons. The smallest absolute Gasteiger partial charge is 0.191 e. The van der Waals surface area contributed by atoms with Crippen molar-refractivity contribution in [1.82, 2.24) is 15.5 Å². The van der Waals surface area contributed by atoms with Gasteiger partial charge in [0, 0.05) is 39.0 Å². The first-order valence-electron chi connectivity index (χ1n) is 8.35. The van der Waals surface area contributed by atoms with Gasteiger partial charge >= 0.3 is 0 Å². The van der Waals surface area contributed by atoms with E-state index >= 15 is 0 Å². The lowest BCUT2D eigenvalue weighted by atomic mass is 10.2. The number of rotatable bonds is 9. The van der Waals surface area contributed by atoms with Crippen molar-refractivity contribution >= 4 is 15.8 Å². The van der Waals surface area contributed by atoms with Gasteiger partial charge in [0.2, 0.25) is 0 Å². The molecule has 1 rings (SSSR count). The molecule has 1 aliphatic rings. The maximum atomic E-state index is 11.2. The summed E-state index contributed by atoms with van der Waals surface area (Å²) in [7, 11) is -1.18. The average Bonchev–Trinajstić information content (AvgIpc) is 2.52. The number of hydrogen-bond acceptors (Lipinski definition) is 5. The SMILES string of the molecule is CN=C(NCCCCN1CCOCC1)NC(C)CCS(C)(=O)=O. The summed E-state index contributed by atoms with van der Waals surface area (Å²) in [6.07, 6.45) is 4.07. The maximum Gasteiger partial charge on any atom is 0.191 e. The van der Waals surface area contributed by atoms with Gasteiger partial charge < -0.3 is 15.4 Å². The zero-order valence-corrected chi connectivity index (χ0v) is 15.5. The van der Waals surface area contributed by atoms with Crippen LogP contribution in [-0.4, -0.2) is 83.8 Å². The first-order valence-corrected chi connectivity index (χ1v) is 10.4. The quantitative estimate of drug-likeness (QED) is 0.349. The lowest BCUT2D eigenvalue weighted by molar-refractivity contribution is 0.0372. The Morgan fingerprint density at radius 2 is 2.00 bits per heavy atom. The standard InChI is InChI=1S/C15H32N4O3S/c1-14(6-13-23(3,20)21)18-15(16-2)17-7-4-5-8-19-9-11-22-12-10-19/h14H,4-13H2,1-3H3,(H2,16,17,18). The lowest BCUT2D eigenvalue weighted by Gasteiger charge is -2.26. The van der Waals surface area contributed by atoms with E-state index in [1.807, 2.05) is 6.92 Å². The molecule has 0 aromatic rings. The largest absolute Gasteiger partial charge is 0.379 e. The van der Waals surface area contributed by atoms with Crippen LogP contribution in [0.1, 0.15) is 26.2 Å². The zero-order valence-electron chi connectivity index (χ0n) is 14.7. The number of sulfone groups is 1. The number of nitrogens with zero attached hydrogens (tertiary/aromatic N) is 2. The monoisotopic (exact) mass is 348 g/mol. The van der Waals surface area contributed by atoms with Gasteiger partial charge in [0.05, 0.1) is 19.0 Å². The number of ether oxygens (including phenoxy) is 1. The second kappa shape index (κ2) is 10.8. The topological polar surface area (TPSA) is 83.0 Å². The molecular formula is C15H32N4O3S. The molecule has 0 aliphatic carbocycles. The fourth-order valence-corrected chi connectivity index (χ4v) is 3.16. The number of hydrogen-bond donors (Lipinski definition) is 2. The van der Waals surface area contributed by atoms with Crippen molar-refractivity contribution < 1.29 is 13.2 Å². The third-order valence-corrected chi connectivity index (χ3v) is 4.80. The fraction of sp³-hybridized carbons (Fsp3) is 0.933. The van der Waals surface area contributed by atoms with Gasteiger partial charge in [-0.05, 0) is 32.7 Å². The van der Waals surface area contributed by atoms with Gasteiger partial charge in [-0.2, -0.15) is 0 Å². The van der Waals surface area contributed by atoms with Crippen LogP contribution in [-0.2, 0) is 14.6 Å². The zero-order chi connectivity index (χ0) is 17.1. The van der Waals surface area contributed by atoms with Crippen LogP contribution in [0.3, 0.4) is 0 Å². The second-order valence-corrected chi connectivity index (χ2v) is 8.38. The summed E-state index contributed by atoms with van der Waals surface area (Å²) in [6.45, 7) is 7.71. The average molecular weight is 349 g/mol. The van der Waals surface area contributed by atoms with Crippen molar-refractivity contribution in [3.8, 4) is 0 Å². The van der Waals surface area contributed by atoms with Crippen LogP contribution in [0.5, 0.6) is 0 Å². The Bertz CT molecular complexity index is 448. The van der Waals surface area contributed by atoms with Crippen molar-refractivity contribution in [2.24, 2.45) is 4.99 Å². The molecule has 1 fully saturated rings. The molecule has 23 heavy (non-hydrogen) atoms. The Hall–Kier alpha value is -0.860. The van der Waals surface area contributed by atoms with Crippen molar-refractivity contribution in [2.75, 3.05) is 58.4 Å². The number of morpholine rings is 1. The molecule has 0 bridgehead atoms. The summed E-state index contributed by atoms with van der Waals surface area (Å²) in [5.74, 6) is 0.926.